The SMILES string of the molecule is Cc1cc(Br)c2c(c1)SCCN2CC1CCNCC1. The predicted octanol–water partition coefficient (Wildman–Crippen LogP) is 3.67. The number of piperidine rings is 1. The third kappa shape index (κ3) is 3.11. The molecule has 0 spiro atoms. The highest BCUT2D eigenvalue weighted by atomic mass is 79.9. The smallest absolute Gasteiger partial charge is 0.0649 e. The van der Waals surface area contributed by atoms with Crippen LogP contribution in [0.15, 0.2) is 21.5 Å². The summed E-state index contributed by atoms with van der Waals surface area (Å²) in [6.07, 6.45) is 2.64. The fourth-order valence-electron chi connectivity index (χ4n) is 3.06. The molecule has 2 aliphatic rings. The first-order valence-corrected chi connectivity index (χ1v) is 8.90. The van der Waals surface area contributed by atoms with Gasteiger partial charge in [0.25, 0.3) is 0 Å². The molecule has 1 fully saturated rings. The molecule has 19 heavy (non-hydrogen) atoms. The summed E-state index contributed by atoms with van der Waals surface area (Å²) in [6.45, 7) is 6.96. The molecular weight excluding hydrogens is 320 g/mol. The van der Waals surface area contributed by atoms with E-state index in [1.165, 1.54) is 65.4 Å². The zero-order valence-electron chi connectivity index (χ0n) is 11.4. The molecule has 0 saturated carbocycles. The number of aryl methyl sites for hydroxylation is 1. The maximum Gasteiger partial charge on any atom is 0.0649 e. The Morgan fingerprint density at radius 3 is 2.95 bits per heavy atom. The van der Waals surface area contributed by atoms with Gasteiger partial charge in [-0.05, 0) is 72.4 Å². The molecule has 2 heterocycles. The van der Waals surface area contributed by atoms with Crippen LogP contribution in [0, 0.1) is 12.8 Å². The Hall–Kier alpha value is -0.190. The number of rotatable bonds is 2. The lowest BCUT2D eigenvalue weighted by molar-refractivity contribution is 0.374. The van der Waals surface area contributed by atoms with Gasteiger partial charge in [0.1, 0.15) is 0 Å². The highest BCUT2D eigenvalue weighted by Gasteiger charge is 2.24. The number of hydrogen-bond donors (Lipinski definition) is 1. The van der Waals surface area contributed by atoms with Crippen molar-refractivity contribution in [1.29, 1.82) is 0 Å². The van der Waals surface area contributed by atoms with Gasteiger partial charge in [0.05, 0.1) is 5.69 Å². The number of thioether (sulfide) groups is 1. The molecule has 104 valence electrons. The Bertz CT molecular complexity index is 458. The lowest BCUT2D eigenvalue weighted by Crippen LogP contribution is -2.38. The number of nitrogens with zero attached hydrogens (tertiary/aromatic N) is 1. The molecule has 1 aromatic carbocycles. The van der Waals surface area contributed by atoms with Gasteiger partial charge in [-0.3, -0.25) is 0 Å². The van der Waals surface area contributed by atoms with Crippen LogP contribution in [0.3, 0.4) is 0 Å². The van der Waals surface area contributed by atoms with E-state index >= 15 is 0 Å². The summed E-state index contributed by atoms with van der Waals surface area (Å²) in [5.41, 5.74) is 2.78. The second-order valence-corrected chi connectivity index (χ2v) is 7.57. The van der Waals surface area contributed by atoms with Crippen LogP contribution in [0.25, 0.3) is 0 Å². The molecule has 0 aromatic heterocycles. The van der Waals surface area contributed by atoms with Crippen LogP contribution in [0.5, 0.6) is 0 Å². The third-order valence-electron chi connectivity index (χ3n) is 4.05. The largest absolute Gasteiger partial charge is 0.369 e. The minimum atomic E-state index is 0.852. The van der Waals surface area contributed by atoms with Crippen molar-refractivity contribution in [2.45, 2.75) is 24.7 Å². The van der Waals surface area contributed by atoms with Gasteiger partial charge >= 0.3 is 0 Å². The van der Waals surface area contributed by atoms with Crippen LogP contribution < -0.4 is 10.2 Å². The highest BCUT2D eigenvalue weighted by molar-refractivity contribution is 9.10. The molecule has 0 unspecified atom stereocenters. The van der Waals surface area contributed by atoms with Gasteiger partial charge in [0.15, 0.2) is 0 Å². The number of nitrogens with one attached hydrogen (secondary N) is 1. The maximum atomic E-state index is 3.77. The highest BCUT2D eigenvalue weighted by Crippen LogP contribution is 2.41. The van der Waals surface area contributed by atoms with Crippen molar-refractivity contribution in [3.05, 3.63) is 22.2 Å². The summed E-state index contributed by atoms with van der Waals surface area (Å²) in [4.78, 5) is 4.05. The van der Waals surface area contributed by atoms with Crippen molar-refractivity contribution in [1.82, 2.24) is 5.32 Å². The lowest BCUT2D eigenvalue weighted by atomic mass is 9.97. The third-order valence-corrected chi connectivity index (χ3v) is 5.66. The van der Waals surface area contributed by atoms with Gasteiger partial charge in [-0.2, -0.15) is 0 Å². The number of hydrogen-bond acceptors (Lipinski definition) is 3. The van der Waals surface area contributed by atoms with E-state index in [2.05, 4.69) is 45.2 Å². The average molecular weight is 341 g/mol. The first kappa shape index (κ1) is 13.8. The number of fused-ring (bicyclic) bond motifs is 1. The van der Waals surface area contributed by atoms with Crippen LogP contribution in [-0.4, -0.2) is 31.9 Å². The van der Waals surface area contributed by atoms with Gasteiger partial charge in [-0.25, -0.2) is 0 Å². The van der Waals surface area contributed by atoms with E-state index in [0.29, 0.717) is 0 Å². The minimum absolute atomic E-state index is 0.852. The molecule has 3 rings (SSSR count). The van der Waals surface area contributed by atoms with E-state index < -0.39 is 0 Å². The van der Waals surface area contributed by atoms with Crippen LogP contribution in [-0.2, 0) is 0 Å². The molecule has 0 atom stereocenters. The van der Waals surface area contributed by atoms with E-state index in [1.807, 2.05) is 11.8 Å². The summed E-state index contributed by atoms with van der Waals surface area (Å²) in [6, 6.07) is 4.58. The predicted molar refractivity (Wildman–Crippen MR) is 87.4 cm³/mol. The molecule has 1 aromatic rings. The zero-order chi connectivity index (χ0) is 13.2. The van der Waals surface area contributed by atoms with E-state index in [0.717, 1.165) is 5.92 Å². The monoisotopic (exact) mass is 340 g/mol. The van der Waals surface area contributed by atoms with Gasteiger partial charge < -0.3 is 10.2 Å². The van der Waals surface area contributed by atoms with Crippen LogP contribution in [0.2, 0.25) is 0 Å². The number of halogens is 1. The molecule has 1 N–H and O–H groups in total. The van der Waals surface area contributed by atoms with Gasteiger partial charge in [-0.15, -0.1) is 11.8 Å². The summed E-state index contributed by atoms with van der Waals surface area (Å²) >= 11 is 5.77. The fraction of sp³-hybridized carbons (Fsp3) is 0.600. The molecule has 0 radical (unpaired) electrons. The van der Waals surface area contributed by atoms with Crippen molar-refractivity contribution >= 4 is 33.4 Å². The fourth-order valence-corrected chi connectivity index (χ4v) is 5.19. The van der Waals surface area contributed by atoms with Gasteiger partial charge in [0, 0.05) is 28.2 Å². The second kappa shape index (κ2) is 6.06. The Morgan fingerprint density at radius 2 is 2.16 bits per heavy atom. The van der Waals surface area contributed by atoms with E-state index in [-0.39, 0.29) is 0 Å². The summed E-state index contributed by atoms with van der Waals surface area (Å²) in [5, 5.41) is 3.46. The van der Waals surface area contributed by atoms with E-state index in [9.17, 15) is 0 Å². The van der Waals surface area contributed by atoms with E-state index in [1.54, 1.807) is 0 Å². The molecular formula is C15H21BrN2S. The summed E-state index contributed by atoms with van der Waals surface area (Å²) in [5.74, 6) is 2.07. The molecule has 4 heteroatoms. The van der Waals surface area contributed by atoms with E-state index in [4.69, 9.17) is 0 Å². The maximum absolute atomic E-state index is 3.77. The van der Waals surface area contributed by atoms with Crippen molar-refractivity contribution in [3.8, 4) is 0 Å². The molecule has 0 aliphatic carbocycles. The topological polar surface area (TPSA) is 15.3 Å². The summed E-state index contributed by atoms with van der Waals surface area (Å²) < 4.78 is 1.27. The quantitative estimate of drug-likeness (QED) is 0.884. The minimum Gasteiger partial charge on any atom is -0.369 e. The van der Waals surface area contributed by atoms with Crippen LogP contribution in [0.1, 0.15) is 18.4 Å². The van der Waals surface area contributed by atoms with Crippen LogP contribution in [0.4, 0.5) is 5.69 Å². The Morgan fingerprint density at radius 1 is 1.37 bits per heavy atom. The number of anilines is 1. The van der Waals surface area contributed by atoms with Gasteiger partial charge in [-0.1, -0.05) is 0 Å². The second-order valence-electron chi connectivity index (χ2n) is 5.58. The summed E-state index contributed by atoms with van der Waals surface area (Å²) in [7, 11) is 0. The Labute approximate surface area is 128 Å². The van der Waals surface area contributed by atoms with Crippen molar-refractivity contribution in [2.24, 2.45) is 5.92 Å². The lowest BCUT2D eigenvalue weighted by Gasteiger charge is -2.36. The molecule has 0 bridgehead atoms. The molecule has 1 saturated heterocycles. The molecule has 2 aliphatic heterocycles. The Balaban J connectivity index is 1.81. The standard InChI is InChI=1S/C15H21BrN2S/c1-11-8-13(16)15-14(9-11)19-7-6-18(15)10-12-2-4-17-5-3-12/h8-9,12,17H,2-7,10H2,1H3. The Kier molecular flexibility index (Phi) is 4.40. The zero-order valence-corrected chi connectivity index (χ0v) is 13.8. The molecule has 0 amide bonds. The van der Waals surface area contributed by atoms with Crippen LogP contribution >= 0.6 is 27.7 Å². The van der Waals surface area contributed by atoms with Crippen molar-refractivity contribution < 1.29 is 0 Å². The van der Waals surface area contributed by atoms with Gasteiger partial charge in [0.2, 0.25) is 0 Å². The first-order chi connectivity index (χ1) is 9.24. The normalized spacial score (nSPS) is 20.4. The molecule has 2 nitrogen and oxygen atoms in total. The number of benzene rings is 1. The van der Waals surface area contributed by atoms with Crippen molar-refractivity contribution in [3.63, 3.8) is 0 Å². The average Bonchev–Trinajstić information content (AvgIpc) is 2.39. The first-order valence-electron chi connectivity index (χ1n) is 7.12. The van der Waals surface area contributed by atoms with Crippen molar-refractivity contribution in [2.75, 3.05) is 36.8 Å².